The van der Waals surface area contributed by atoms with E-state index in [4.69, 9.17) is 5.73 Å². The predicted molar refractivity (Wildman–Crippen MR) is 61.4 cm³/mol. The normalized spacial score (nSPS) is 10.5. The molecule has 3 heteroatoms. The first kappa shape index (κ1) is 9.93. The molecule has 0 unspecified atom stereocenters. The summed E-state index contributed by atoms with van der Waals surface area (Å²) in [4.78, 5) is 7.40. The molecule has 0 aliphatic carbocycles. The zero-order chi connectivity index (χ0) is 10.5. The largest absolute Gasteiger partial charge is 0.345 e. The summed E-state index contributed by atoms with van der Waals surface area (Å²) in [6.45, 7) is 0.729. The van der Waals surface area contributed by atoms with Gasteiger partial charge in [0, 0.05) is 18.0 Å². The van der Waals surface area contributed by atoms with Gasteiger partial charge >= 0.3 is 0 Å². The fraction of sp³-hybridized carbons (Fsp3) is 0.250. The maximum Gasteiger partial charge on any atom is 0.137 e. The van der Waals surface area contributed by atoms with Gasteiger partial charge in [-0.1, -0.05) is 24.3 Å². The van der Waals surface area contributed by atoms with Gasteiger partial charge in [-0.25, -0.2) is 4.98 Å². The SMILES string of the molecule is NCCCc1ccccc1-c1ncc[nH]1. The number of nitrogens with one attached hydrogen (secondary N) is 1. The Bertz CT molecular complexity index is 407. The predicted octanol–water partition coefficient (Wildman–Crippen LogP) is 1.97. The summed E-state index contributed by atoms with van der Waals surface area (Å²) < 4.78 is 0. The van der Waals surface area contributed by atoms with E-state index in [2.05, 4.69) is 28.2 Å². The van der Waals surface area contributed by atoms with Gasteiger partial charge < -0.3 is 10.7 Å². The summed E-state index contributed by atoms with van der Waals surface area (Å²) in [5.41, 5.74) is 8.00. The smallest absolute Gasteiger partial charge is 0.137 e. The van der Waals surface area contributed by atoms with Crippen LogP contribution in [0.3, 0.4) is 0 Å². The maximum absolute atomic E-state index is 5.52. The lowest BCUT2D eigenvalue weighted by atomic mass is 10.0. The Morgan fingerprint density at radius 1 is 1.27 bits per heavy atom. The van der Waals surface area contributed by atoms with E-state index in [1.54, 1.807) is 6.20 Å². The Morgan fingerprint density at radius 3 is 2.87 bits per heavy atom. The van der Waals surface area contributed by atoms with Crippen LogP contribution in [0.1, 0.15) is 12.0 Å². The van der Waals surface area contributed by atoms with E-state index in [0.29, 0.717) is 0 Å². The van der Waals surface area contributed by atoms with Gasteiger partial charge in [0.25, 0.3) is 0 Å². The van der Waals surface area contributed by atoms with Crippen LogP contribution in [0.2, 0.25) is 0 Å². The fourth-order valence-corrected chi connectivity index (χ4v) is 1.67. The molecule has 0 radical (unpaired) electrons. The van der Waals surface area contributed by atoms with Crippen molar-refractivity contribution in [1.29, 1.82) is 0 Å². The zero-order valence-corrected chi connectivity index (χ0v) is 8.61. The van der Waals surface area contributed by atoms with Crippen molar-refractivity contribution in [2.45, 2.75) is 12.8 Å². The molecule has 0 amide bonds. The Morgan fingerprint density at radius 2 is 2.13 bits per heavy atom. The molecule has 0 aliphatic rings. The van der Waals surface area contributed by atoms with Crippen LogP contribution >= 0.6 is 0 Å². The van der Waals surface area contributed by atoms with E-state index >= 15 is 0 Å². The number of aromatic amines is 1. The van der Waals surface area contributed by atoms with Crippen molar-refractivity contribution < 1.29 is 0 Å². The lowest BCUT2D eigenvalue weighted by Gasteiger charge is -2.06. The van der Waals surface area contributed by atoms with Gasteiger partial charge in [-0.3, -0.25) is 0 Å². The summed E-state index contributed by atoms with van der Waals surface area (Å²) in [7, 11) is 0. The van der Waals surface area contributed by atoms with Gasteiger partial charge in [0.05, 0.1) is 0 Å². The van der Waals surface area contributed by atoms with Gasteiger partial charge in [0.15, 0.2) is 0 Å². The summed E-state index contributed by atoms with van der Waals surface area (Å²) >= 11 is 0. The first-order chi connectivity index (χ1) is 7.42. The van der Waals surface area contributed by atoms with Crippen LogP contribution in [0.25, 0.3) is 11.4 Å². The minimum absolute atomic E-state index is 0.729. The van der Waals surface area contributed by atoms with Crippen molar-refractivity contribution >= 4 is 0 Å². The molecule has 0 saturated carbocycles. The number of hydrogen-bond donors (Lipinski definition) is 2. The van der Waals surface area contributed by atoms with Crippen molar-refractivity contribution in [3.8, 4) is 11.4 Å². The molecule has 1 aromatic heterocycles. The summed E-state index contributed by atoms with van der Waals surface area (Å²) in [5, 5.41) is 0. The van der Waals surface area contributed by atoms with Gasteiger partial charge in [-0.15, -0.1) is 0 Å². The fourth-order valence-electron chi connectivity index (χ4n) is 1.67. The molecule has 15 heavy (non-hydrogen) atoms. The summed E-state index contributed by atoms with van der Waals surface area (Å²) in [6, 6.07) is 8.31. The van der Waals surface area contributed by atoms with E-state index in [0.717, 1.165) is 25.2 Å². The van der Waals surface area contributed by atoms with Gasteiger partial charge in [-0.05, 0) is 24.9 Å². The summed E-state index contributed by atoms with van der Waals surface area (Å²) in [6.07, 6.45) is 5.63. The number of benzene rings is 1. The van der Waals surface area contributed by atoms with E-state index in [-0.39, 0.29) is 0 Å². The molecule has 2 rings (SSSR count). The highest BCUT2D eigenvalue weighted by Gasteiger charge is 2.05. The first-order valence-electron chi connectivity index (χ1n) is 5.19. The molecular weight excluding hydrogens is 186 g/mol. The Kier molecular flexibility index (Phi) is 3.15. The molecule has 1 aromatic carbocycles. The number of aromatic nitrogens is 2. The van der Waals surface area contributed by atoms with Crippen LogP contribution < -0.4 is 5.73 Å². The van der Waals surface area contributed by atoms with Crippen molar-refractivity contribution in [2.75, 3.05) is 6.54 Å². The average Bonchev–Trinajstić information content (AvgIpc) is 2.80. The third-order valence-corrected chi connectivity index (χ3v) is 2.42. The second kappa shape index (κ2) is 4.75. The van der Waals surface area contributed by atoms with E-state index in [1.807, 2.05) is 12.3 Å². The number of aryl methyl sites for hydroxylation is 1. The molecule has 0 atom stereocenters. The summed E-state index contributed by atoms with van der Waals surface area (Å²) in [5.74, 6) is 0.933. The second-order valence-corrected chi connectivity index (χ2v) is 3.49. The quantitative estimate of drug-likeness (QED) is 0.794. The minimum Gasteiger partial charge on any atom is -0.345 e. The third-order valence-electron chi connectivity index (χ3n) is 2.42. The minimum atomic E-state index is 0.729. The third kappa shape index (κ3) is 2.25. The van der Waals surface area contributed by atoms with Gasteiger partial charge in [-0.2, -0.15) is 0 Å². The number of nitrogens with two attached hydrogens (primary N) is 1. The topological polar surface area (TPSA) is 54.7 Å². The van der Waals surface area contributed by atoms with Crippen LogP contribution in [-0.2, 0) is 6.42 Å². The van der Waals surface area contributed by atoms with Crippen molar-refractivity contribution in [3.63, 3.8) is 0 Å². The standard InChI is InChI=1S/C12H15N3/c13-7-3-5-10-4-1-2-6-11(10)12-14-8-9-15-12/h1-2,4,6,8-9H,3,5,7,13H2,(H,14,15). The Labute approximate surface area is 89.4 Å². The number of rotatable bonds is 4. The first-order valence-corrected chi connectivity index (χ1v) is 5.19. The van der Waals surface area contributed by atoms with E-state index in [1.165, 1.54) is 11.1 Å². The lowest BCUT2D eigenvalue weighted by Crippen LogP contribution is -2.01. The van der Waals surface area contributed by atoms with Crippen LogP contribution in [0.4, 0.5) is 0 Å². The Balaban J connectivity index is 2.30. The maximum atomic E-state index is 5.52. The number of imidazole rings is 1. The number of hydrogen-bond acceptors (Lipinski definition) is 2. The van der Waals surface area contributed by atoms with Crippen LogP contribution in [-0.4, -0.2) is 16.5 Å². The molecule has 2 aromatic rings. The molecule has 0 saturated heterocycles. The van der Waals surface area contributed by atoms with Crippen molar-refractivity contribution in [3.05, 3.63) is 42.2 Å². The molecule has 0 spiro atoms. The molecule has 3 N–H and O–H groups in total. The van der Waals surface area contributed by atoms with E-state index in [9.17, 15) is 0 Å². The molecule has 78 valence electrons. The second-order valence-electron chi connectivity index (χ2n) is 3.49. The molecule has 0 fully saturated rings. The zero-order valence-electron chi connectivity index (χ0n) is 8.61. The molecule has 0 aliphatic heterocycles. The lowest BCUT2D eigenvalue weighted by molar-refractivity contribution is 0.833. The van der Waals surface area contributed by atoms with Crippen molar-refractivity contribution in [2.24, 2.45) is 5.73 Å². The highest BCUT2D eigenvalue weighted by Crippen LogP contribution is 2.20. The highest BCUT2D eigenvalue weighted by molar-refractivity contribution is 5.59. The Hall–Kier alpha value is -1.61. The van der Waals surface area contributed by atoms with Crippen molar-refractivity contribution in [1.82, 2.24) is 9.97 Å². The van der Waals surface area contributed by atoms with E-state index < -0.39 is 0 Å². The monoisotopic (exact) mass is 201 g/mol. The van der Waals surface area contributed by atoms with Gasteiger partial charge in [0.1, 0.15) is 5.82 Å². The molecule has 0 bridgehead atoms. The van der Waals surface area contributed by atoms with Gasteiger partial charge in [0.2, 0.25) is 0 Å². The molecule has 3 nitrogen and oxygen atoms in total. The highest BCUT2D eigenvalue weighted by atomic mass is 14.9. The average molecular weight is 201 g/mol. The number of H-pyrrole nitrogens is 1. The van der Waals surface area contributed by atoms with Crippen LogP contribution in [0.5, 0.6) is 0 Å². The van der Waals surface area contributed by atoms with Crippen LogP contribution in [0, 0.1) is 0 Å². The molecule has 1 heterocycles. The number of nitrogens with zero attached hydrogens (tertiary/aromatic N) is 1. The molecular formula is C12H15N3. The van der Waals surface area contributed by atoms with Crippen LogP contribution in [0.15, 0.2) is 36.7 Å².